The molecule has 0 rings (SSSR count). The zero-order valence-electron chi connectivity index (χ0n) is 9.15. The van der Waals surface area contributed by atoms with Crippen molar-refractivity contribution in [2.24, 2.45) is 4.99 Å². The Bertz CT molecular complexity index is 48.8. The Balaban J connectivity index is -0.000000138. The van der Waals surface area contributed by atoms with Gasteiger partial charge in [-0.25, -0.2) is 0 Å². The summed E-state index contributed by atoms with van der Waals surface area (Å²) >= 11 is 0. The van der Waals surface area contributed by atoms with Gasteiger partial charge in [-0.15, -0.1) is 0 Å². The van der Waals surface area contributed by atoms with Crippen molar-refractivity contribution in [2.45, 2.75) is 54.4 Å². The molecule has 0 aliphatic rings. The summed E-state index contributed by atoms with van der Waals surface area (Å²) < 4.78 is 0. The summed E-state index contributed by atoms with van der Waals surface area (Å²) in [6.45, 7) is 13.1. The average molecular weight is 159 g/mol. The molecular formula is C10H25N. The third kappa shape index (κ3) is 42.2. The number of rotatable bonds is 3. The smallest absolute Gasteiger partial charge is 0.0385 e. The predicted octanol–water partition coefficient (Wildman–Crippen LogP) is 3.93. The van der Waals surface area contributed by atoms with Crippen LogP contribution in [0.15, 0.2) is 4.99 Å². The highest BCUT2D eigenvalue weighted by Crippen LogP contribution is 1.84. The van der Waals surface area contributed by atoms with E-state index in [1.807, 2.05) is 40.8 Å². The number of unbranched alkanes of at least 4 members (excludes halogenated alkanes) is 1. The van der Waals surface area contributed by atoms with Crippen molar-refractivity contribution in [1.82, 2.24) is 0 Å². The molecular weight excluding hydrogens is 134 g/mol. The zero-order valence-corrected chi connectivity index (χ0v) is 9.15. The maximum Gasteiger partial charge on any atom is 0.0385 e. The first-order chi connectivity index (χ1) is 5.41. The van der Waals surface area contributed by atoms with E-state index in [1.54, 1.807) is 0 Å². The van der Waals surface area contributed by atoms with Crippen LogP contribution in [-0.2, 0) is 0 Å². The van der Waals surface area contributed by atoms with Gasteiger partial charge in [0.15, 0.2) is 0 Å². The number of hydrogen-bond acceptors (Lipinski definition) is 1. The lowest BCUT2D eigenvalue weighted by molar-refractivity contribution is 0.810. The van der Waals surface area contributed by atoms with Crippen molar-refractivity contribution in [1.29, 1.82) is 0 Å². The molecule has 70 valence electrons. The molecule has 1 nitrogen and oxygen atoms in total. The van der Waals surface area contributed by atoms with Gasteiger partial charge in [-0.3, -0.25) is 4.99 Å². The summed E-state index contributed by atoms with van der Waals surface area (Å²) in [5, 5.41) is 0. The van der Waals surface area contributed by atoms with Crippen LogP contribution in [-0.4, -0.2) is 12.8 Å². The largest absolute Gasteiger partial charge is 0.298 e. The van der Waals surface area contributed by atoms with E-state index in [0.29, 0.717) is 0 Å². The molecule has 0 bridgehead atoms. The van der Waals surface area contributed by atoms with Crippen molar-refractivity contribution in [3.63, 3.8) is 0 Å². The third-order valence-corrected chi connectivity index (χ3v) is 0.823. The minimum absolute atomic E-state index is 1.01. The minimum Gasteiger partial charge on any atom is -0.298 e. The lowest BCUT2D eigenvalue weighted by atomic mass is 10.3. The average Bonchev–Trinajstić information content (AvgIpc) is 2.13. The number of aliphatic imine (C=N–C) groups is 1. The van der Waals surface area contributed by atoms with Gasteiger partial charge in [0.1, 0.15) is 0 Å². The fourth-order valence-electron chi connectivity index (χ4n) is 0.379. The van der Waals surface area contributed by atoms with Crippen molar-refractivity contribution in [2.75, 3.05) is 6.54 Å². The Morgan fingerprint density at radius 1 is 1.09 bits per heavy atom. The lowest BCUT2D eigenvalue weighted by Gasteiger charge is -1.84. The van der Waals surface area contributed by atoms with Gasteiger partial charge in [0.2, 0.25) is 0 Å². The highest BCUT2D eigenvalue weighted by atomic mass is 14.7. The van der Waals surface area contributed by atoms with E-state index in [-0.39, 0.29) is 0 Å². The Morgan fingerprint density at radius 2 is 1.55 bits per heavy atom. The molecule has 0 aromatic heterocycles. The molecule has 0 saturated carbocycles. The summed E-state index contributed by atoms with van der Waals surface area (Å²) in [6.07, 6.45) is 4.33. The molecule has 0 aromatic rings. The SMILES string of the molecule is CC.CC.CC=NCCCC. The van der Waals surface area contributed by atoms with E-state index >= 15 is 0 Å². The van der Waals surface area contributed by atoms with Crippen LogP contribution in [0.1, 0.15) is 54.4 Å². The number of hydrogen-bond donors (Lipinski definition) is 0. The van der Waals surface area contributed by atoms with Crippen LogP contribution in [0.25, 0.3) is 0 Å². The fraction of sp³-hybridized carbons (Fsp3) is 0.900. The van der Waals surface area contributed by atoms with Gasteiger partial charge in [-0.1, -0.05) is 41.0 Å². The zero-order chi connectivity index (χ0) is 9.54. The standard InChI is InChI=1S/C6H13N.2C2H6/c1-3-5-6-7-4-2;2*1-2/h4H,3,5-6H2,1-2H3;2*1-2H3. The third-order valence-electron chi connectivity index (χ3n) is 0.823. The van der Waals surface area contributed by atoms with Crippen molar-refractivity contribution in [3.8, 4) is 0 Å². The molecule has 1 heteroatoms. The second kappa shape index (κ2) is 33.3. The maximum absolute atomic E-state index is 4.04. The summed E-state index contributed by atoms with van der Waals surface area (Å²) in [4.78, 5) is 4.04. The first-order valence-electron chi connectivity index (χ1n) is 4.86. The van der Waals surface area contributed by atoms with Gasteiger partial charge >= 0.3 is 0 Å². The highest BCUT2D eigenvalue weighted by molar-refractivity contribution is 5.53. The Kier molecular flexibility index (Phi) is 51.4. The normalized spacial score (nSPS) is 7.82. The van der Waals surface area contributed by atoms with E-state index in [4.69, 9.17) is 0 Å². The van der Waals surface area contributed by atoms with Crippen LogP contribution in [0.2, 0.25) is 0 Å². The molecule has 11 heavy (non-hydrogen) atoms. The van der Waals surface area contributed by atoms with Gasteiger partial charge in [0, 0.05) is 6.54 Å². The van der Waals surface area contributed by atoms with Crippen LogP contribution in [0.4, 0.5) is 0 Å². The molecule has 0 saturated heterocycles. The molecule has 0 spiro atoms. The number of nitrogens with zero attached hydrogens (tertiary/aromatic N) is 1. The van der Waals surface area contributed by atoms with Crippen molar-refractivity contribution in [3.05, 3.63) is 0 Å². The van der Waals surface area contributed by atoms with E-state index in [2.05, 4.69) is 11.9 Å². The van der Waals surface area contributed by atoms with Crippen molar-refractivity contribution >= 4 is 6.21 Å². The molecule has 0 aromatic carbocycles. The van der Waals surface area contributed by atoms with Crippen LogP contribution in [0.5, 0.6) is 0 Å². The first kappa shape index (κ1) is 17.0. The Hall–Kier alpha value is -0.330. The Morgan fingerprint density at radius 3 is 1.82 bits per heavy atom. The second-order valence-corrected chi connectivity index (χ2v) is 1.52. The van der Waals surface area contributed by atoms with Gasteiger partial charge in [-0.05, 0) is 19.6 Å². The lowest BCUT2D eigenvalue weighted by Crippen LogP contribution is -1.76. The summed E-state index contributed by atoms with van der Waals surface area (Å²) in [5.74, 6) is 0. The van der Waals surface area contributed by atoms with Gasteiger partial charge in [0.05, 0.1) is 0 Å². The van der Waals surface area contributed by atoms with Crippen LogP contribution < -0.4 is 0 Å². The molecule has 0 amide bonds. The quantitative estimate of drug-likeness (QED) is 0.437. The second-order valence-electron chi connectivity index (χ2n) is 1.52. The van der Waals surface area contributed by atoms with Crippen LogP contribution >= 0.6 is 0 Å². The van der Waals surface area contributed by atoms with Gasteiger partial charge < -0.3 is 0 Å². The van der Waals surface area contributed by atoms with E-state index < -0.39 is 0 Å². The topological polar surface area (TPSA) is 12.4 Å². The molecule has 0 fully saturated rings. The molecule has 0 heterocycles. The molecule has 0 aliphatic carbocycles. The van der Waals surface area contributed by atoms with E-state index in [1.165, 1.54) is 12.8 Å². The highest BCUT2D eigenvalue weighted by Gasteiger charge is 1.73. The van der Waals surface area contributed by atoms with Crippen molar-refractivity contribution < 1.29 is 0 Å². The molecule has 0 unspecified atom stereocenters. The summed E-state index contributed by atoms with van der Waals surface area (Å²) in [5.41, 5.74) is 0. The monoisotopic (exact) mass is 159 g/mol. The summed E-state index contributed by atoms with van der Waals surface area (Å²) in [6, 6.07) is 0. The fourth-order valence-corrected chi connectivity index (χ4v) is 0.379. The van der Waals surface area contributed by atoms with Gasteiger partial charge in [0.25, 0.3) is 0 Å². The molecule has 0 aliphatic heterocycles. The van der Waals surface area contributed by atoms with E-state index in [0.717, 1.165) is 6.54 Å². The summed E-state index contributed by atoms with van der Waals surface area (Å²) in [7, 11) is 0. The molecule has 0 radical (unpaired) electrons. The molecule has 0 atom stereocenters. The Labute approximate surface area is 72.9 Å². The predicted molar refractivity (Wildman–Crippen MR) is 56.6 cm³/mol. The van der Waals surface area contributed by atoms with Crippen LogP contribution in [0.3, 0.4) is 0 Å². The van der Waals surface area contributed by atoms with Crippen LogP contribution in [0, 0.1) is 0 Å². The molecule has 0 N–H and O–H groups in total. The van der Waals surface area contributed by atoms with Gasteiger partial charge in [-0.2, -0.15) is 0 Å². The maximum atomic E-state index is 4.04. The first-order valence-corrected chi connectivity index (χ1v) is 4.86. The van der Waals surface area contributed by atoms with E-state index in [9.17, 15) is 0 Å². The minimum atomic E-state index is 1.01.